The summed E-state index contributed by atoms with van der Waals surface area (Å²) in [6.07, 6.45) is 10.0. The fourth-order valence-corrected chi connectivity index (χ4v) is 4.67. The largest absolute Gasteiger partial charge is 0.289 e. The molecule has 4 fully saturated rings. The molecule has 1 saturated heterocycles. The first-order chi connectivity index (χ1) is 8.42. The van der Waals surface area contributed by atoms with Crippen molar-refractivity contribution in [2.75, 3.05) is 13.1 Å². The van der Waals surface area contributed by atoms with Gasteiger partial charge in [-0.15, -0.1) is 0 Å². The minimum Gasteiger partial charge on any atom is -0.289 e. The number of rotatable bonds is 1. The molecule has 1 nitrogen and oxygen atoms in total. The molecule has 0 aromatic rings. The SMILES string of the molecule is C(#CC1CCCCC1)CN1C[C@@H]2C[C@H]1[C@H]1C[C@@H]21. The highest BCUT2D eigenvalue weighted by Gasteiger charge is 2.60. The zero-order valence-corrected chi connectivity index (χ0v) is 10.7. The standard InChI is InChI=1S/C16H23N/c1-2-5-12(6-3-1)7-4-8-17-11-13-9-16(17)15-10-14(13)15/h12-16H,1-3,5-6,8-11H2/t13-,14-,15-,16-/m0/s1. The van der Waals surface area contributed by atoms with Crippen LogP contribution in [0.3, 0.4) is 0 Å². The van der Waals surface area contributed by atoms with Gasteiger partial charge in [0.25, 0.3) is 0 Å². The summed E-state index contributed by atoms with van der Waals surface area (Å²) in [4.78, 5) is 2.69. The van der Waals surface area contributed by atoms with Crippen LogP contribution < -0.4 is 0 Å². The normalized spacial score (nSPS) is 44.2. The molecule has 17 heavy (non-hydrogen) atoms. The van der Waals surface area contributed by atoms with E-state index in [4.69, 9.17) is 0 Å². The van der Waals surface area contributed by atoms with E-state index in [9.17, 15) is 0 Å². The monoisotopic (exact) mass is 229 g/mol. The Morgan fingerprint density at radius 3 is 2.65 bits per heavy atom. The van der Waals surface area contributed by atoms with Gasteiger partial charge in [0.15, 0.2) is 0 Å². The number of nitrogens with zero attached hydrogens (tertiary/aromatic N) is 1. The summed E-state index contributed by atoms with van der Waals surface area (Å²) in [5.74, 6) is 11.1. The van der Waals surface area contributed by atoms with E-state index in [2.05, 4.69) is 16.7 Å². The van der Waals surface area contributed by atoms with E-state index in [1.807, 2.05) is 0 Å². The third kappa shape index (κ3) is 1.82. The van der Waals surface area contributed by atoms with Crippen molar-refractivity contribution in [2.24, 2.45) is 23.7 Å². The van der Waals surface area contributed by atoms with E-state index in [0.717, 1.165) is 36.3 Å². The molecular weight excluding hydrogens is 206 g/mol. The van der Waals surface area contributed by atoms with E-state index in [1.54, 1.807) is 6.42 Å². The minimum absolute atomic E-state index is 0.734. The zero-order chi connectivity index (χ0) is 11.2. The van der Waals surface area contributed by atoms with Crippen molar-refractivity contribution in [2.45, 2.75) is 51.0 Å². The van der Waals surface area contributed by atoms with Crippen LogP contribution in [0.5, 0.6) is 0 Å². The summed E-state index contributed by atoms with van der Waals surface area (Å²) in [5, 5.41) is 0. The van der Waals surface area contributed by atoms with Gasteiger partial charge < -0.3 is 0 Å². The third-order valence-electron chi connectivity index (χ3n) is 5.67. The fourth-order valence-electron chi connectivity index (χ4n) is 4.67. The average molecular weight is 229 g/mol. The molecule has 4 aliphatic rings. The maximum absolute atomic E-state index is 3.54. The third-order valence-corrected chi connectivity index (χ3v) is 5.67. The van der Waals surface area contributed by atoms with Crippen LogP contribution in [0, 0.1) is 35.5 Å². The molecule has 0 aromatic heterocycles. The summed E-state index contributed by atoms with van der Waals surface area (Å²) < 4.78 is 0. The summed E-state index contributed by atoms with van der Waals surface area (Å²) in [6, 6.07) is 0.936. The summed E-state index contributed by atoms with van der Waals surface area (Å²) in [7, 11) is 0. The Morgan fingerprint density at radius 1 is 1.00 bits per heavy atom. The van der Waals surface area contributed by atoms with Crippen LogP contribution in [0.1, 0.15) is 44.9 Å². The van der Waals surface area contributed by atoms with Gasteiger partial charge in [-0.25, -0.2) is 0 Å². The highest BCUT2D eigenvalue weighted by molar-refractivity contribution is 5.15. The maximum atomic E-state index is 3.54. The molecule has 0 N–H and O–H groups in total. The Bertz CT molecular complexity index is 357. The van der Waals surface area contributed by atoms with Gasteiger partial charge in [-0.05, 0) is 43.4 Å². The topological polar surface area (TPSA) is 3.24 Å². The molecule has 0 unspecified atom stereocenters. The molecule has 1 aliphatic heterocycles. The van der Waals surface area contributed by atoms with Crippen LogP contribution in [-0.4, -0.2) is 24.0 Å². The van der Waals surface area contributed by atoms with Gasteiger partial charge in [-0.3, -0.25) is 4.90 Å². The van der Waals surface area contributed by atoms with Crippen molar-refractivity contribution in [1.29, 1.82) is 0 Å². The smallest absolute Gasteiger partial charge is 0.0604 e. The van der Waals surface area contributed by atoms with Crippen LogP contribution in [-0.2, 0) is 0 Å². The molecule has 2 bridgehead atoms. The van der Waals surface area contributed by atoms with Gasteiger partial charge in [0.2, 0.25) is 0 Å². The van der Waals surface area contributed by atoms with E-state index in [1.165, 1.54) is 45.1 Å². The number of piperidine rings is 1. The second-order valence-corrected chi connectivity index (χ2v) is 6.71. The first-order valence-electron chi connectivity index (χ1n) is 7.64. The van der Waals surface area contributed by atoms with E-state index in [0.29, 0.717) is 0 Å². The summed E-state index contributed by atoms with van der Waals surface area (Å²) >= 11 is 0. The lowest BCUT2D eigenvalue weighted by molar-refractivity contribution is 0.228. The molecule has 0 spiro atoms. The van der Waals surface area contributed by atoms with Crippen molar-refractivity contribution in [3.8, 4) is 11.8 Å². The van der Waals surface area contributed by atoms with E-state index < -0.39 is 0 Å². The van der Waals surface area contributed by atoms with Crippen molar-refractivity contribution in [1.82, 2.24) is 4.90 Å². The lowest BCUT2D eigenvalue weighted by Gasteiger charge is -2.24. The predicted molar refractivity (Wildman–Crippen MR) is 69.4 cm³/mol. The van der Waals surface area contributed by atoms with Crippen LogP contribution >= 0.6 is 0 Å². The number of hydrogen-bond acceptors (Lipinski definition) is 1. The maximum Gasteiger partial charge on any atom is 0.0604 e. The van der Waals surface area contributed by atoms with Gasteiger partial charge in [0, 0.05) is 18.5 Å². The Labute approximate surface area is 105 Å². The minimum atomic E-state index is 0.734. The predicted octanol–water partition coefficient (Wildman–Crippen LogP) is 2.91. The fraction of sp³-hybridized carbons (Fsp3) is 0.875. The Balaban J connectivity index is 1.32. The van der Waals surface area contributed by atoms with Crippen molar-refractivity contribution < 1.29 is 0 Å². The van der Waals surface area contributed by atoms with Crippen LogP contribution in [0.2, 0.25) is 0 Å². The van der Waals surface area contributed by atoms with Crippen LogP contribution in [0.15, 0.2) is 0 Å². The molecule has 0 radical (unpaired) electrons. The molecular formula is C16H23N. The molecule has 3 aliphatic carbocycles. The van der Waals surface area contributed by atoms with Gasteiger partial charge >= 0.3 is 0 Å². The van der Waals surface area contributed by atoms with Crippen molar-refractivity contribution >= 4 is 0 Å². The summed E-state index contributed by atoms with van der Waals surface area (Å²) in [5.41, 5.74) is 0. The second-order valence-electron chi connectivity index (χ2n) is 6.71. The molecule has 3 saturated carbocycles. The molecule has 4 atom stereocenters. The van der Waals surface area contributed by atoms with Gasteiger partial charge in [-0.1, -0.05) is 31.1 Å². The van der Waals surface area contributed by atoms with Gasteiger partial charge in [-0.2, -0.15) is 0 Å². The Hall–Kier alpha value is -0.480. The highest BCUT2D eigenvalue weighted by Crippen LogP contribution is 2.60. The van der Waals surface area contributed by atoms with Crippen LogP contribution in [0.25, 0.3) is 0 Å². The summed E-state index contributed by atoms with van der Waals surface area (Å²) in [6.45, 7) is 2.44. The lowest BCUT2D eigenvalue weighted by Crippen LogP contribution is -2.34. The highest BCUT2D eigenvalue weighted by atomic mass is 15.2. The lowest BCUT2D eigenvalue weighted by atomic mass is 9.90. The Kier molecular flexibility index (Phi) is 2.47. The molecule has 4 rings (SSSR count). The molecule has 1 heterocycles. The Morgan fingerprint density at radius 2 is 1.88 bits per heavy atom. The molecule has 0 aromatic carbocycles. The van der Waals surface area contributed by atoms with Gasteiger partial charge in [0.1, 0.15) is 0 Å². The quantitative estimate of drug-likeness (QED) is 0.625. The van der Waals surface area contributed by atoms with E-state index in [-0.39, 0.29) is 0 Å². The molecule has 1 heteroatoms. The van der Waals surface area contributed by atoms with E-state index >= 15 is 0 Å². The molecule has 92 valence electrons. The second kappa shape index (κ2) is 4.02. The van der Waals surface area contributed by atoms with Gasteiger partial charge in [0.05, 0.1) is 6.54 Å². The van der Waals surface area contributed by atoms with Crippen molar-refractivity contribution in [3.05, 3.63) is 0 Å². The zero-order valence-electron chi connectivity index (χ0n) is 10.7. The molecule has 0 amide bonds. The van der Waals surface area contributed by atoms with Crippen molar-refractivity contribution in [3.63, 3.8) is 0 Å². The number of hydrogen-bond donors (Lipinski definition) is 0. The first kappa shape index (κ1) is 10.4. The van der Waals surface area contributed by atoms with Crippen LogP contribution in [0.4, 0.5) is 0 Å². The number of fused-ring (bicyclic) bond motifs is 5. The average Bonchev–Trinajstić information content (AvgIpc) is 2.98. The first-order valence-corrected chi connectivity index (χ1v) is 7.64. The number of likely N-dealkylation sites (tertiary alicyclic amines) is 1.